The van der Waals surface area contributed by atoms with Crippen molar-refractivity contribution < 1.29 is 27.6 Å². The molecule has 0 radical (unpaired) electrons. The number of rotatable bonds is 9. The van der Waals surface area contributed by atoms with Crippen LogP contribution in [0.4, 0.5) is 17.1 Å². The first-order chi connectivity index (χ1) is 13.7. The summed E-state index contributed by atoms with van der Waals surface area (Å²) < 4.78 is 35.8. The van der Waals surface area contributed by atoms with Gasteiger partial charge in [0.05, 0.1) is 24.9 Å². The number of carbonyl (C=O) groups excluding carboxylic acids is 1. The number of hydrogen-bond acceptors (Lipinski definition) is 7. The largest absolute Gasteiger partial charge is 0.495 e. The van der Waals surface area contributed by atoms with Gasteiger partial charge in [0.15, 0.2) is 0 Å². The number of methoxy groups -OCH3 is 1. The summed E-state index contributed by atoms with van der Waals surface area (Å²) in [4.78, 5) is 22.9. The number of non-ortho nitro benzene ring substituents is 1. The van der Waals surface area contributed by atoms with Crippen LogP contribution < -0.4 is 19.1 Å². The number of nitro groups is 1. The smallest absolute Gasteiger partial charge is 0.271 e. The molecule has 0 aliphatic rings. The predicted molar refractivity (Wildman–Crippen MR) is 108 cm³/mol. The topological polar surface area (TPSA) is 128 Å². The maximum absolute atomic E-state index is 12.4. The fourth-order valence-corrected chi connectivity index (χ4v) is 3.35. The minimum Gasteiger partial charge on any atom is -0.495 e. The van der Waals surface area contributed by atoms with Gasteiger partial charge in [0.2, 0.25) is 15.9 Å². The molecule has 1 N–H and O–H groups in total. The highest BCUT2D eigenvalue weighted by Crippen LogP contribution is 2.33. The van der Waals surface area contributed by atoms with E-state index in [-0.39, 0.29) is 17.1 Å². The lowest BCUT2D eigenvalue weighted by Crippen LogP contribution is -2.37. The average Bonchev–Trinajstić information content (AvgIpc) is 2.66. The van der Waals surface area contributed by atoms with E-state index in [1.165, 1.54) is 19.2 Å². The Kier molecular flexibility index (Phi) is 6.99. The third-order valence-corrected chi connectivity index (χ3v) is 4.91. The number of ether oxygens (including phenoxy) is 2. The average molecular weight is 423 g/mol. The highest BCUT2D eigenvalue weighted by Gasteiger charge is 2.26. The van der Waals surface area contributed by atoms with Gasteiger partial charge in [0, 0.05) is 17.8 Å². The SMILES string of the molecule is CCOc1ccc(NC(=O)CN(c2cc([N+](=O)[O-])ccc2OC)S(C)(=O)=O)cc1. The van der Waals surface area contributed by atoms with E-state index < -0.39 is 27.4 Å². The molecule has 2 aromatic carbocycles. The van der Waals surface area contributed by atoms with Crippen molar-refractivity contribution in [2.45, 2.75) is 6.92 Å². The molecule has 2 rings (SSSR count). The van der Waals surface area contributed by atoms with Gasteiger partial charge in [0.25, 0.3) is 5.69 Å². The standard InChI is InChI=1S/C18H21N3O7S/c1-4-28-15-8-5-13(6-9-15)19-18(22)12-20(29(3,25)26)16-11-14(21(23)24)7-10-17(16)27-2/h5-11H,4,12H2,1-3H3,(H,19,22). The molecule has 1 amide bonds. The van der Waals surface area contributed by atoms with E-state index >= 15 is 0 Å². The van der Waals surface area contributed by atoms with Crippen molar-refractivity contribution in [2.24, 2.45) is 0 Å². The molecular weight excluding hydrogens is 402 g/mol. The number of nitrogens with one attached hydrogen (secondary N) is 1. The van der Waals surface area contributed by atoms with Crippen LogP contribution in [0.5, 0.6) is 11.5 Å². The van der Waals surface area contributed by atoms with E-state index in [0.717, 1.165) is 16.6 Å². The van der Waals surface area contributed by atoms with E-state index in [2.05, 4.69) is 5.32 Å². The molecule has 2 aromatic rings. The maximum Gasteiger partial charge on any atom is 0.271 e. The summed E-state index contributed by atoms with van der Waals surface area (Å²) in [6, 6.07) is 10.1. The molecule has 0 aliphatic carbocycles. The number of nitro benzene ring substituents is 1. The van der Waals surface area contributed by atoms with Gasteiger partial charge in [-0.05, 0) is 37.3 Å². The van der Waals surface area contributed by atoms with Gasteiger partial charge in [-0.25, -0.2) is 8.42 Å². The molecule has 0 aliphatic heterocycles. The molecular formula is C18H21N3O7S. The predicted octanol–water partition coefficient (Wildman–Crippen LogP) is 2.41. The third-order valence-electron chi connectivity index (χ3n) is 3.78. The van der Waals surface area contributed by atoms with Crippen LogP contribution in [-0.4, -0.2) is 45.8 Å². The molecule has 0 heterocycles. The normalized spacial score (nSPS) is 10.9. The lowest BCUT2D eigenvalue weighted by molar-refractivity contribution is -0.384. The Hall–Kier alpha value is -3.34. The first kappa shape index (κ1) is 22.0. The molecule has 11 heteroatoms. The quantitative estimate of drug-likeness (QED) is 0.484. The number of nitrogens with zero attached hydrogens (tertiary/aromatic N) is 2. The number of amides is 1. The van der Waals surface area contributed by atoms with Gasteiger partial charge >= 0.3 is 0 Å². The lowest BCUT2D eigenvalue weighted by Gasteiger charge is -2.23. The monoisotopic (exact) mass is 423 g/mol. The Morgan fingerprint density at radius 3 is 2.38 bits per heavy atom. The van der Waals surface area contributed by atoms with Crippen LogP contribution in [0, 0.1) is 10.1 Å². The number of anilines is 2. The van der Waals surface area contributed by atoms with E-state index in [4.69, 9.17) is 9.47 Å². The molecule has 0 unspecified atom stereocenters. The Labute approximate surface area is 168 Å². The molecule has 0 spiro atoms. The van der Waals surface area contributed by atoms with Crippen molar-refractivity contribution in [2.75, 3.05) is 36.1 Å². The van der Waals surface area contributed by atoms with Gasteiger partial charge in [0.1, 0.15) is 23.7 Å². The van der Waals surface area contributed by atoms with Crippen LogP contribution in [0.1, 0.15) is 6.92 Å². The Bertz CT molecular complexity index is 991. The molecule has 0 bridgehead atoms. The first-order valence-corrected chi connectivity index (χ1v) is 10.3. The van der Waals surface area contributed by atoms with Crippen LogP contribution in [0.2, 0.25) is 0 Å². The van der Waals surface area contributed by atoms with E-state index in [0.29, 0.717) is 18.0 Å². The van der Waals surface area contributed by atoms with Crippen molar-refractivity contribution in [3.05, 3.63) is 52.6 Å². The molecule has 0 atom stereocenters. The molecule has 0 aromatic heterocycles. The van der Waals surface area contributed by atoms with E-state index in [9.17, 15) is 23.3 Å². The molecule has 10 nitrogen and oxygen atoms in total. The third kappa shape index (κ3) is 5.82. The minimum atomic E-state index is -3.94. The Morgan fingerprint density at radius 2 is 1.86 bits per heavy atom. The minimum absolute atomic E-state index is 0.0786. The number of hydrogen-bond donors (Lipinski definition) is 1. The molecule has 0 saturated carbocycles. The Morgan fingerprint density at radius 1 is 1.21 bits per heavy atom. The van der Waals surface area contributed by atoms with Crippen LogP contribution in [0.15, 0.2) is 42.5 Å². The molecule has 29 heavy (non-hydrogen) atoms. The van der Waals surface area contributed by atoms with Gasteiger partial charge in [-0.3, -0.25) is 19.2 Å². The van der Waals surface area contributed by atoms with Gasteiger partial charge in [-0.2, -0.15) is 0 Å². The van der Waals surface area contributed by atoms with Crippen molar-refractivity contribution in [3.63, 3.8) is 0 Å². The highest BCUT2D eigenvalue weighted by atomic mass is 32.2. The summed E-state index contributed by atoms with van der Waals surface area (Å²) in [6.07, 6.45) is 0.898. The highest BCUT2D eigenvalue weighted by molar-refractivity contribution is 7.92. The molecule has 0 saturated heterocycles. The summed E-state index contributed by atoms with van der Waals surface area (Å²) in [5.74, 6) is 0.0765. The van der Waals surface area contributed by atoms with Gasteiger partial charge in [-0.1, -0.05) is 0 Å². The second-order valence-corrected chi connectivity index (χ2v) is 7.80. The van der Waals surface area contributed by atoms with Gasteiger partial charge < -0.3 is 14.8 Å². The van der Waals surface area contributed by atoms with Crippen LogP contribution >= 0.6 is 0 Å². The lowest BCUT2D eigenvalue weighted by atomic mass is 10.2. The van der Waals surface area contributed by atoms with Crippen molar-refractivity contribution in [1.82, 2.24) is 0 Å². The second kappa shape index (κ2) is 9.24. The van der Waals surface area contributed by atoms with E-state index in [1.807, 2.05) is 6.92 Å². The summed E-state index contributed by atoms with van der Waals surface area (Å²) in [6.45, 7) is 1.75. The zero-order valence-corrected chi connectivity index (χ0v) is 16.9. The molecule has 156 valence electrons. The van der Waals surface area contributed by atoms with Crippen molar-refractivity contribution >= 4 is 33.0 Å². The zero-order valence-electron chi connectivity index (χ0n) is 16.1. The van der Waals surface area contributed by atoms with Crippen LogP contribution in [-0.2, 0) is 14.8 Å². The Balaban J connectivity index is 2.29. The molecule has 0 fully saturated rings. The summed E-state index contributed by atoms with van der Waals surface area (Å²) in [5, 5.41) is 13.7. The fourth-order valence-electron chi connectivity index (χ4n) is 2.50. The first-order valence-electron chi connectivity index (χ1n) is 8.48. The summed E-state index contributed by atoms with van der Waals surface area (Å²) in [7, 11) is -2.65. The second-order valence-electron chi connectivity index (χ2n) is 5.89. The van der Waals surface area contributed by atoms with Crippen LogP contribution in [0.3, 0.4) is 0 Å². The van der Waals surface area contributed by atoms with Crippen molar-refractivity contribution in [3.8, 4) is 11.5 Å². The van der Waals surface area contributed by atoms with Crippen molar-refractivity contribution in [1.29, 1.82) is 0 Å². The number of benzene rings is 2. The van der Waals surface area contributed by atoms with E-state index in [1.54, 1.807) is 24.3 Å². The van der Waals surface area contributed by atoms with Gasteiger partial charge in [-0.15, -0.1) is 0 Å². The maximum atomic E-state index is 12.4. The summed E-state index contributed by atoms with van der Waals surface area (Å²) >= 11 is 0. The number of sulfonamides is 1. The van der Waals surface area contributed by atoms with Crippen LogP contribution in [0.25, 0.3) is 0 Å². The fraction of sp³-hybridized carbons (Fsp3) is 0.278. The number of carbonyl (C=O) groups is 1. The summed E-state index contributed by atoms with van der Waals surface area (Å²) in [5.41, 5.74) is 0.00493. The zero-order chi connectivity index (χ0) is 21.6.